The maximum atomic E-state index is 14.7. The van der Waals surface area contributed by atoms with Crippen molar-refractivity contribution in [1.82, 2.24) is 9.55 Å². The predicted molar refractivity (Wildman–Crippen MR) is 192 cm³/mol. The van der Waals surface area contributed by atoms with Crippen LogP contribution in [0.3, 0.4) is 0 Å². The molecular formula is C43H27N3O2. The highest BCUT2D eigenvalue weighted by Crippen LogP contribution is 2.43. The summed E-state index contributed by atoms with van der Waals surface area (Å²) in [5.41, 5.74) is 9.54. The molecule has 1 aliphatic rings. The fourth-order valence-electron chi connectivity index (χ4n) is 7.08. The van der Waals surface area contributed by atoms with E-state index >= 15 is 0 Å². The summed E-state index contributed by atoms with van der Waals surface area (Å²) in [5.74, 6) is -0.682. The molecule has 226 valence electrons. The maximum absolute atomic E-state index is 14.7. The number of benzene rings is 6. The Kier molecular flexibility index (Phi) is 6.37. The van der Waals surface area contributed by atoms with Gasteiger partial charge >= 0.3 is 0 Å². The van der Waals surface area contributed by atoms with Crippen molar-refractivity contribution in [1.29, 1.82) is 0 Å². The second kappa shape index (κ2) is 11.0. The van der Waals surface area contributed by atoms with Crippen LogP contribution in [0.4, 0.5) is 5.69 Å². The molecule has 0 aliphatic carbocycles. The average Bonchev–Trinajstić information content (AvgIpc) is 3.63. The quantitative estimate of drug-likeness (QED) is 0.181. The van der Waals surface area contributed by atoms with E-state index in [2.05, 4.69) is 52.0 Å². The third-order valence-corrected chi connectivity index (χ3v) is 9.20. The molecule has 5 heteroatoms. The number of para-hydroxylation sites is 1. The summed E-state index contributed by atoms with van der Waals surface area (Å²) in [7, 11) is 0. The van der Waals surface area contributed by atoms with Crippen LogP contribution in [0.15, 0.2) is 164 Å². The van der Waals surface area contributed by atoms with E-state index in [4.69, 9.17) is 0 Å². The molecule has 0 bridgehead atoms. The summed E-state index contributed by atoms with van der Waals surface area (Å²) in [6.07, 6.45) is 1.80. The van der Waals surface area contributed by atoms with Gasteiger partial charge in [0, 0.05) is 28.1 Å². The topological polar surface area (TPSA) is 55.2 Å². The molecule has 0 N–H and O–H groups in total. The molecule has 9 rings (SSSR count). The summed E-state index contributed by atoms with van der Waals surface area (Å²) in [6.45, 7) is 0. The van der Waals surface area contributed by atoms with E-state index in [0.717, 1.165) is 55.3 Å². The van der Waals surface area contributed by atoms with Crippen LogP contribution in [0.25, 0.3) is 61.0 Å². The minimum atomic E-state index is -0.345. The molecular weight excluding hydrogens is 590 g/mol. The zero-order chi connectivity index (χ0) is 32.2. The number of carbonyl (C=O) groups excluding carboxylic acids is 2. The Labute approximate surface area is 277 Å². The van der Waals surface area contributed by atoms with Gasteiger partial charge in [0.05, 0.1) is 39.2 Å². The predicted octanol–water partition coefficient (Wildman–Crippen LogP) is 9.98. The Hall–Kier alpha value is -6.59. The Morgan fingerprint density at radius 3 is 1.94 bits per heavy atom. The molecule has 8 aromatic rings. The van der Waals surface area contributed by atoms with Gasteiger partial charge in [-0.2, -0.15) is 0 Å². The highest BCUT2D eigenvalue weighted by atomic mass is 16.2. The first-order chi connectivity index (χ1) is 23.7. The zero-order valence-corrected chi connectivity index (χ0v) is 25.7. The van der Waals surface area contributed by atoms with Gasteiger partial charge in [-0.05, 0) is 65.2 Å². The number of hydrogen-bond donors (Lipinski definition) is 0. The number of pyridine rings is 1. The molecule has 0 fully saturated rings. The number of carbonyl (C=O) groups is 2. The molecule has 2 aromatic heterocycles. The highest BCUT2D eigenvalue weighted by molar-refractivity contribution is 6.36. The molecule has 2 amide bonds. The van der Waals surface area contributed by atoms with Crippen molar-refractivity contribution in [3.05, 3.63) is 175 Å². The molecule has 6 aromatic carbocycles. The lowest BCUT2D eigenvalue weighted by atomic mass is 9.97. The summed E-state index contributed by atoms with van der Waals surface area (Å²) >= 11 is 0. The highest BCUT2D eigenvalue weighted by Gasteiger charge is 2.40. The smallest absolute Gasteiger partial charge is 0.268 e. The van der Waals surface area contributed by atoms with Crippen LogP contribution in [-0.2, 0) is 0 Å². The van der Waals surface area contributed by atoms with Crippen molar-refractivity contribution in [2.75, 3.05) is 4.90 Å². The minimum absolute atomic E-state index is 0.337. The number of amides is 2. The van der Waals surface area contributed by atoms with E-state index in [0.29, 0.717) is 22.5 Å². The summed E-state index contributed by atoms with van der Waals surface area (Å²) < 4.78 is 2.11. The van der Waals surface area contributed by atoms with Crippen LogP contribution in [0.2, 0.25) is 0 Å². The van der Waals surface area contributed by atoms with Gasteiger partial charge in [-0.1, -0.05) is 109 Å². The number of nitrogens with zero attached hydrogens (tertiary/aromatic N) is 3. The lowest BCUT2D eigenvalue weighted by molar-refractivity contribution is 0.0926. The van der Waals surface area contributed by atoms with Gasteiger partial charge in [0.2, 0.25) is 0 Å². The Morgan fingerprint density at radius 2 is 1.15 bits per heavy atom. The maximum Gasteiger partial charge on any atom is 0.268 e. The van der Waals surface area contributed by atoms with Crippen LogP contribution in [0, 0.1) is 0 Å². The molecule has 48 heavy (non-hydrogen) atoms. The number of hydrogen-bond acceptors (Lipinski definition) is 3. The van der Waals surface area contributed by atoms with Gasteiger partial charge < -0.3 is 4.57 Å². The van der Waals surface area contributed by atoms with Crippen molar-refractivity contribution in [2.45, 2.75) is 0 Å². The van der Waals surface area contributed by atoms with Crippen LogP contribution in [0.5, 0.6) is 0 Å². The number of rotatable bonds is 5. The van der Waals surface area contributed by atoms with Crippen molar-refractivity contribution >= 4 is 39.3 Å². The zero-order valence-electron chi connectivity index (χ0n) is 25.7. The Bertz CT molecular complexity index is 2540. The molecule has 3 heterocycles. The molecule has 5 nitrogen and oxygen atoms in total. The number of anilines is 1. The van der Waals surface area contributed by atoms with E-state index in [1.165, 1.54) is 4.90 Å². The Morgan fingerprint density at radius 1 is 0.458 bits per heavy atom. The molecule has 0 atom stereocenters. The third-order valence-electron chi connectivity index (χ3n) is 9.20. The van der Waals surface area contributed by atoms with Crippen LogP contribution in [0.1, 0.15) is 20.7 Å². The van der Waals surface area contributed by atoms with E-state index in [1.54, 1.807) is 12.3 Å². The monoisotopic (exact) mass is 617 g/mol. The summed E-state index contributed by atoms with van der Waals surface area (Å²) in [6, 6.07) is 51.8. The van der Waals surface area contributed by atoms with Crippen molar-refractivity contribution in [3.63, 3.8) is 0 Å². The van der Waals surface area contributed by atoms with Crippen LogP contribution < -0.4 is 4.90 Å². The van der Waals surface area contributed by atoms with Crippen molar-refractivity contribution in [3.8, 4) is 39.2 Å². The van der Waals surface area contributed by atoms with E-state index in [9.17, 15) is 9.59 Å². The lowest BCUT2D eigenvalue weighted by Gasteiger charge is -2.20. The second-order valence-electron chi connectivity index (χ2n) is 11.9. The largest absolute Gasteiger partial charge is 0.308 e. The second-order valence-corrected chi connectivity index (χ2v) is 11.9. The average molecular weight is 618 g/mol. The number of aromatic nitrogens is 2. The molecule has 0 radical (unpaired) electrons. The molecule has 0 unspecified atom stereocenters. The van der Waals surface area contributed by atoms with Gasteiger partial charge in [-0.15, -0.1) is 0 Å². The van der Waals surface area contributed by atoms with Crippen molar-refractivity contribution < 1.29 is 9.59 Å². The van der Waals surface area contributed by atoms with E-state index < -0.39 is 0 Å². The first-order valence-corrected chi connectivity index (χ1v) is 15.9. The van der Waals surface area contributed by atoms with Gasteiger partial charge in [-0.25, -0.2) is 4.90 Å². The molecule has 0 saturated heterocycles. The summed E-state index contributed by atoms with van der Waals surface area (Å²) in [5, 5.41) is 2.09. The third kappa shape index (κ3) is 4.22. The number of fused-ring (bicyclic) bond motifs is 4. The first kappa shape index (κ1) is 27.7. The van der Waals surface area contributed by atoms with E-state index in [-0.39, 0.29) is 11.8 Å². The number of imide groups is 1. The van der Waals surface area contributed by atoms with Crippen LogP contribution in [-0.4, -0.2) is 21.4 Å². The standard InChI is InChI=1S/C43H27N3O2/c47-42-33-19-12-23-39(45-36-21-8-7-17-32(36)40-31(18-11-22-38(40)45)35-20-9-10-26-44-35)41(33)43(48)46(42)37-25-24-30(28-13-3-1-4-14-28)27-34(37)29-15-5-2-6-16-29/h1-27H. The Balaban J connectivity index is 1.25. The van der Waals surface area contributed by atoms with Gasteiger partial charge in [0.25, 0.3) is 11.8 Å². The molecule has 0 spiro atoms. The summed E-state index contributed by atoms with van der Waals surface area (Å²) in [4.78, 5) is 35.0. The van der Waals surface area contributed by atoms with E-state index in [1.807, 2.05) is 109 Å². The van der Waals surface area contributed by atoms with Gasteiger partial charge in [-0.3, -0.25) is 14.6 Å². The SMILES string of the molecule is O=C1c2cccc(-n3c4ccccc4c4c(-c5ccccn5)cccc43)c2C(=O)N1c1ccc(-c2ccccc2)cc1-c1ccccc1. The van der Waals surface area contributed by atoms with Crippen LogP contribution >= 0.6 is 0 Å². The van der Waals surface area contributed by atoms with Gasteiger partial charge in [0.15, 0.2) is 0 Å². The fraction of sp³-hybridized carbons (Fsp3) is 0. The molecule has 0 saturated carbocycles. The lowest BCUT2D eigenvalue weighted by Crippen LogP contribution is -2.30. The fourth-order valence-corrected chi connectivity index (χ4v) is 7.08. The first-order valence-electron chi connectivity index (χ1n) is 15.9. The van der Waals surface area contributed by atoms with Crippen molar-refractivity contribution in [2.24, 2.45) is 0 Å². The minimum Gasteiger partial charge on any atom is -0.308 e. The van der Waals surface area contributed by atoms with Gasteiger partial charge in [0.1, 0.15) is 0 Å². The normalized spacial score (nSPS) is 12.6. The molecule has 1 aliphatic heterocycles.